The predicted molar refractivity (Wildman–Crippen MR) is 42.7 cm³/mol. The molecule has 11 heavy (non-hydrogen) atoms. The normalized spacial score (nSPS) is 49.6. The molecule has 0 saturated heterocycles. The molecule has 0 unspecified atom stereocenters. The molecule has 0 heterocycles. The SMILES string of the molecule is NNC12CCC(O)(CC1)CC2. The molecule has 3 aliphatic rings. The molecule has 0 spiro atoms. The standard InChI is InChI=1S/C8H16N2O/c9-10-7-1-4-8(11,5-2-7)6-3-7/h10-11H,1-6,9H2. The average Bonchev–Trinajstić information content (AvgIpc) is 2.07. The Morgan fingerprint density at radius 3 is 1.82 bits per heavy atom. The van der Waals surface area contributed by atoms with Crippen LogP contribution in [-0.4, -0.2) is 16.2 Å². The average molecular weight is 156 g/mol. The van der Waals surface area contributed by atoms with E-state index in [1.54, 1.807) is 0 Å². The van der Waals surface area contributed by atoms with Crippen molar-refractivity contribution in [3.63, 3.8) is 0 Å². The zero-order chi connectivity index (χ0) is 7.95. The van der Waals surface area contributed by atoms with Crippen molar-refractivity contribution in [2.24, 2.45) is 5.84 Å². The molecule has 3 fully saturated rings. The van der Waals surface area contributed by atoms with Crippen molar-refractivity contribution in [3.8, 4) is 0 Å². The molecule has 3 aliphatic carbocycles. The lowest BCUT2D eigenvalue weighted by Gasteiger charge is -2.50. The maximum Gasteiger partial charge on any atom is 0.0650 e. The van der Waals surface area contributed by atoms with E-state index in [0.29, 0.717) is 0 Å². The van der Waals surface area contributed by atoms with Crippen LogP contribution in [0.2, 0.25) is 0 Å². The summed E-state index contributed by atoms with van der Waals surface area (Å²) in [5.41, 5.74) is 2.75. The van der Waals surface area contributed by atoms with Crippen LogP contribution >= 0.6 is 0 Å². The summed E-state index contributed by atoms with van der Waals surface area (Å²) in [5.74, 6) is 5.48. The molecule has 3 nitrogen and oxygen atoms in total. The molecule has 0 aromatic heterocycles. The van der Waals surface area contributed by atoms with Crippen molar-refractivity contribution >= 4 is 0 Å². The molecule has 3 rings (SSSR count). The Hall–Kier alpha value is -0.120. The van der Waals surface area contributed by atoms with E-state index in [1.165, 1.54) is 0 Å². The topological polar surface area (TPSA) is 58.3 Å². The zero-order valence-corrected chi connectivity index (χ0v) is 6.77. The minimum Gasteiger partial charge on any atom is -0.390 e. The van der Waals surface area contributed by atoms with E-state index in [-0.39, 0.29) is 11.1 Å². The van der Waals surface area contributed by atoms with Crippen molar-refractivity contribution in [1.82, 2.24) is 5.43 Å². The van der Waals surface area contributed by atoms with Crippen LogP contribution in [0.3, 0.4) is 0 Å². The number of fused-ring (bicyclic) bond motifs is 3. The minimum atomic E-state index is -0.335. The van der Waals surface area contributed by atoms with Crippen LogP contribution < -0.4 is 11.3 Å². The number of hydrazine groups is 1. The second-order valence-corrected chi connectivity index (χ2v) is 4.15. The second kappa shape index (κ2) is 2.19. The molecular formula is C8H16N2O. The molecular weight excluding hydrogens is 140 g/mol. The molecule has 0 aliphatic heterocycles. The predicted octanol–water partition coefficient (Wildman–Crippen LogP) is 0.287. The quantitative estimate of drug-likeness (QED) is 0.378. The molecule has 0 radical (unpaired) electrons. The number of nitrogens with two attached hydrogens (primary N) is 1. The first-order valence-corrected chi connectivity index (χ1v) is 4.38. The zero-order valence-electron chi connectivity index (χ0n) is 6.77. The Morgan fingerprint density at radius 1 is 1.00 bits per heavy atom. The van der Waals surface area contributed by atoms with Crippen molar-refractivity contribution in [3.05, 3.63) is 0 Å². The van der Waals surface area contributed by atoms with Crippen LogP contribution in [0.4, 0.5) is 0 Å². The number of rotatable bonds is 1. The van der Waals surface area contributed by atoms with Gasteiger partial charge in [0.25, 0.3) is 0 Å². The van der Waals surface area contributed by atoms with E-state index in [0.717, 1.165) is 38.5 Å². The summed E-state index contributed by atoms with van der Waals surface area (Å²) in [4.78, 5) is 0. The van der Waals surface area contributed by atoms with Crippen LogP contribution in [0.5, 0.6) is 0 Å². The summed E-state index contributed by atoms with van der Waals surface area (Å²) >= 11 is 0. The lowest BCUT2D eigenvalue weighted by Crippen LogP contribution is -2.59. The highest BCUT2D eigenvalue weighted by atomic mass is 16.3. The Bertz CT molecular complexity index is 145. The monoisotopic (exact) mass is 156 g/mol. The summed E-state index contributed by atoms with van der Waals surface area (Å²) in [5, 5.41) is 9.86. The molecule has 0 aromatic carbocycles. The fourth-order valence-corrected chi connectivity index (χ4v) is 2.38. The van der Waals surface area contributed by atoms with Gasteiger partial charge in [-0.1, -0.05) is 0 Å². The van der Waals surface area contributed by atoms with Crippen LogP contribution in [0.1, 0.15) is 38.5 Å². The van der Waals surface area contributed by atoms with Gasteiger partial charge in [-0.3, -0.25) is 11.3 Å². The summed E-state index contributed by atoms with van der Waals surface area (Å²) in [6.45, 7) is 0. The first kappa shape index (κ1) is 7.53. The summed E-state index contributed by atoms with van der Waals surface area (Å²) < 4.78 is 0. The van der Waals surface area contributed by atoms with Gasteiger partial charge in [0.15, 0.2) is 0 Å². The van der Waals surface area contributed by atoms with Crippen LogP contribution in [0.25, 0.3) is 0 Å². The first-order valence-electron chi connectivity index (χ1n) is 4.38. The fraction of sp³-hybridized carbons (Fsp3) is 1.00. The van der Waals surface area contributed by atoms with Gasteiger partial charge in [0, 0.05) is 5.54 Å². The minimum absolute atomic E-state index is 0.171. The Morgan fingerprint density at radius 2 is 1.45 bits per heavy atom. The lowest BCUT2D eigenvalue weighted by atomic mass is 9.63. The van der Waals surface area contributed by atoms with Gasteiger partial charge in [0.2, 0.25) is 0 Å². The van der Waals surface area contributed by atoms with Gasteiger partial charge in [0.1, 0.15) is 0 Å². The molecule has 2 bridgehead atoms. The van der Waals surface area contributed by atoms with Gasteiger partial charge in [-0.05, 0) is 38.5 Å². The third kappa shape index (κ3) is 1.08. The van der Waals surface area contributed by atoms with Gasteiger partial charge in [0.05, 0.1) is 5.60 Å². The van der Waals surface area contributed by atoms with E-state index in [9.17, 15) is 5.11 Å². The summed E-state index contributed by atoms with van der Waals surface area (Å²) in [7, 11) is 0. The third-order valence-corrected chi connectivity index (χ3v) is 3.51. The highest BCUT2D eigenvalue weighted by molar-refractivity contribution is 5.03. The second-order valence-electron chi connectivity index (χ2n) is 4.15. The largest absolute Gasteiger partial charge is 0.390 e. The van der Waals surface area contributed by atoms with Crippen LogP contribution in [0.15, 0.2) is 0 Å². The number of nitrogens with one attached hydrogen (secondary N) is 1. The van der Waals surface area contributed by atoms with Crippen molar-refractivity contribution < 1.29 is 5.11 Å². The number of hydrogen-bond acceptors (Lipinski definition) is 3. The molecule has 0 amide bonds. The van der Waals surface area contributed by atoms with E-state index < -0.39 is 0 Å². The molecule has 0 atom stereocenters. The molecule has 3 saturated carbocycles. The van der Waals surface area contributed by atoms with Crippen LogP contribution in [0, 0.1) is 0 Å². The summed E-state index contributed by atoms with van der Waals surface area (Å²) in [6.07, 6.45) is 5.91. The Balaban J connectivity index is 2.12. The maximum absolute atomic E-state index is 9.86. The molecule has 0 aromatic rings. The number of hydrogen-bond donors (Lipinski definition) is 3. The highest BCUT2D eigenvalue weighted by Crippen LogP contribution is 2.46. The van der Waals surface area contributed by atoms with Crippen LogP contribution in [-0.2, 0) is 0 Å². The van der Waals surface area contributed by atoms with Gasteiger partial charge in [-0.2, -0.15) is 0 Å². The third-order valence-electron chi connectivity index (χ3n) is 3.51. The van der Waals surface area contributed by atoms with E-state index in [2.05, 4.69) is 5.43 Å². The molecule has 64 valence electrons. The lowest BCUT2D eigenvalue weighted by molar-refractivity contribution is -0.0725. The van der Waals surface area contributed by atoms with Crippen molar-refractivity contribution in [2.75, 3.05) is 0 Å². The smallest absolute Gasteiger partial charge is 0.0650 e. The van der Waals surface area contributed by atoms with Crippen molar-refractivity contribution in [1.29, 1.82) is 0 Å². The van der Waals surface area contributed by atoms with Crippen molar-refractivity contribution in [2.45, 2.75) is 49.7 Å². The Kier molecular flexibility index (Phi) is 1.50. The van der Waals surface area contributed by atoms with Gasteiger partial charge < -0.3 is 5.11 Å². The molecule has 4 N–H and O–H groups in total. The highest BCUT2D eigenvalue weighted by Gasteiger charge is 2.46. The van der Waals surface area contributed by atoms with E-state index in [4.69, 9.17) is 5.84 Å². The van der Waals surface area contributed by atoms with Gasteiger partial charge in [-0.25, -0.2) is 0 Å². The summed E-state index contributed by atoms with van der Waals surface area (Å²) in [6, 6.07) is 0. The van der Waals surface area contributed by atoms with Gasteiger partial charge >= 0.3 is 0 Å². The van der Waals surface area contributed by atoms with E-state index >= 15 is 0 Å². The van der Waals surface area contributed by atoms with Gasteiger partial charge in [-0.15, -0.1) is 0 Å². The first-order chi connectivity index (χ1) is 5.18. The number of aliphatic hydroxyl groups is 1. The Labute approximate surface area is 66.9 Å². The fourth-order valence-electron chi connectivity index (χ4n) is 2.38. The molecule has 3 heteroatoms. The maximum atomic E-state index is 9.86. The van der Waals surface area contributed by atoms with E-state index in [1.807, 2.05) is 0 Å².